The lowest BCUT2D eigenvalue weighted by Crippen LogP contribution is -2.35. The molecule has 0 amide bonds. The Morgan fingerprint density at radius 1 is 1.00 bits per heavy atom. The summed E-state index contributed by atoms with van der Waals surface area (Å²) in [4.78, 5) is 2.55. The summed E-state index contributed by atoms with van der Waals surface area (Å²) in [5.41, 5.74) is 5.74. The summed E-state index contributed by atoms with van der Waals surface area (Å²) in [6, 6.07) is 15.4. The topological polar surface area (TPSA) is 24.5 Å². The van der Waals surface area contributed by atoms with Crippen LogP contribution in [0.15, 0.2) is 42.5 Å². The van der Waals surface area contributed by atoms with E-state index in [-0.39, 0.29) is 0 Å². The lowest BCUT2D eigenvalue weighted by Gasteiger charge is -2.28. The summed E-state index contributed by atoms with van der Waals surface area (Å²) in [6.45, 7) is 6.20. The number of nitrogens with one attached hydrogen (secondary N) is 1. The van der Waals surface area contributed by atoms with Gasteiger partial charge in [0.25, 0.3) is 0 Å². The molecule has 120 valence electrons. The van der Waals surface area contributed by atoms with Crippen molar-refractivity contribution in [1.82, 2.24) is 10.2 Å². The number of benzene rings is 2. The van der Waals surface area contributed by atoms with Crippen LogP contribution < -0.4 is 10.1 Å². The molecular weight excluding hydrogens is 284 g/mol. The first-order chi connectivity index (χ1) is 11.4. The zero-order valence-electron chi connectivity index (χ0n) is 13.6. The van der Waals surface area contributed by atoms with Crippen molar-refractivity contribution in [3.63, 3.8) is 0 Å². The van der Waals surface area contributed by atoms with Gasteiger partial charge in [0.05, 0.1) is 6.61 Å². The highest BCUT2D eigenvalue weighted by atomic mass is 16.5. The molecule has 0 radical (unpaired) electrons. The maximum atomic E-state index is 5.56. The minimum atomic E-state index is 0.836. The Morgan fingerprint density at radius 3 is 2.87 bits per heavy atom. The van der Waals surface area contributed by atoms with E-state index in [2.05, 4.69) is 52.7 Å². The zero-order chi connectivity index (χ0) is 15.5. The van der Waals surface area contributed by atoms with Gasteiger partial charge >= 0.3 is 0 Å². The Balaban J connectivity index is 1.24. The lowest BCUT2D eigenvalue weighted by molar-refractivity contribution is 0.254. The van der Waals surface area contributed by atoms with Crippen molar-refractivity contribution in [2.24, 2.45) is 0 Å². The van der Waals surface area contributed by atoms with E-state index in [1.807, 2.05) is 0 Å². The van der Waals surface area contributed by atoms with Crippen molar-refractivity contribution < 1.29 is 4.74 Å². The van der Waals surface area contributed by atoms with Crippen molar-refractivity contribution in [2.75, 3.05) is 26.2 Å². The summed E-state index contributed by atoms with van der Waals surface area (Å²) in [5.74, 6) is 1.07. The van der Waals surface area contributed by atoms with Gasteiger partial charge in [-0.15, -0.1) is 0 Å². The van der Waals surface area contributed by atoms with Gasteiger partial charge in [-0.25, -0.2) is 0 Å². The molecule has 2 aliphatic rings. The molecule has 0 aliphatic carbocycles. The Kier molecular flexibility index (Phi) is 4.31. The highest BCUT2D eigenvalue weighted by Gasteiger charge is 2.15. The van der Waals surface area contributed by atoms with Gasteiger partial charge < -0.3 is 10.1 Å². The van der Waals surface area contributed by atoms with Crippen LogP contribution in [-0.4, -0.2) is 31.1 Å². The van der Waals surface area contributed by atoms with Crippen molar-refractivity contribution >= 4 is 0 Å². The summed E-state index contributed by atoms with van der Waals surface area (Å²) >= 11 is 0. The summed E-state index contributed by atoms with van der Waals surface area (Å²) in [5, 5.41) is 3.58. The molecule has 2 aliphatic heterocycles. The molecule has 3 heteroatoms. The van der Waals surface area contributed by atoms with E-state index in [1.165, 1.54) is 35.2 Å². The molecule has 2 heterocycles. The summed E-state index contributed by atoms with van der Waals surface area (Å²) in [7, 11) is 0. The first-order valence-electron chi connectivity index (χ1n) is 8.63. The molecule has 0 spiro atoms. The van der Waals surface area contributed by atoms with Crippen LogP contribution in [0, 0.1) is 0 Å². The second kappa shape index (κ2) is 6.73. The molecule has 2 aromatic carbocycles. The second-order valence-electron chi connectivity index (χ2n) is 6.51. The third kappa shape index (κ3) is 3.41. The number of hydrogen-bond donors (Lipinski definition) is 1. The van der Waals surface area contributed by atoms with Gasteiger partial charge in [-0.3, -0.25) is 4.90 Å². The molecule has 0 aromatic heterocycles. The van der Waals surface area contributed by atoms with Crippen LogP contribution >= 0.6 is 0 Å². The average molecular weight is 308 g/mol. The van der Waals surface area contributed by atoms with Gasteiger partial charge in [0.1, 0.15) is 5.75 Å². The normalized spacial score (nSPS) is 16.7. The molecule has 0 atom stereocenters. The Morgan fingerprint density at radius 2 is 1.91 bits per heavy atom. The van der Waals surface area contributed by atoms with Crippen LogP contribution in [0.25, 0.3) is 0 Å². The largest absolute Gasteiger partial charge is 0.493 e. The van der Waals surface area contributed by atoms with E-state index in [0.29, 0.717) is 0 Å². The molecule has 0 fully saturated rings. The molecule has 23 heavy (non-hydrogen) atoms. The van der Waals surface area contributed by atoms with E-state index < -0.39 is 0 Å². The molecule has 3 nitrogen and oxygen atoms in total. The van der Waals surface area contributed by atoms with Crippen LogP contribution in [0.5, 0.6) is 5.75 Å². The van der Waals surface area contributed by atoms with E-state index >= 15 is 0 Å². The van der Waals surface area contributed by atoms with Crippen LogP contribution in [0.1, 0.15) is 22.3 Å². The predicted octanol–water partition coefficient (Wildman–Crippen LogP) is 2.77. The first-order valence-corrected chi connectivity index (χ1v) is 8.63. The minimum Gasteiger partial charge on any atom is -0.493 e. The summed E-state index contributed by atoms with van der Waals surface area (Å²) in [6.07, 6.45) is 2.23. The zero-order valence-corrected chi connectivity index (χ0v) is 13.6. The van der Waals surface area contributed by atoms with Crippen molar-refractivity contribution in [3.05, 3.63) is 64.7 Å². The second-order valence-corrected chi connectivity index (χ2v) is 6.51. The minimum absolute atomic E-state index is 0.836. The Bertz CT molecular complexity index is 683. The molecule has 0 saturated carbocycles. The van der Waals surface area contributed by atoms with Gasteiger partial charge in [-0.2, -0.15) is 0 Å². The molecule has 0 unspecified atom stereocenters. The monoisotopic (exact) mass is 308 g/mol. The summed E-state index contributed by atoms with van der Waals surface area (Å²) < 4.78 is 5.56. The average Bonchev–Trinajstić information content (AvgIpc) is 3.06. The smallest absolute Gasteiger partial charge is 0.122 e. The maximum Gasteiger partial charge on any atom is 0.122 e. The fraction of sp³-hybridized carbons (Fsp3) is 0.400. The third-order valence-electron chi connectivity index (χ3n) is 4.90. The van der Waals surface area contributed by atoms with E-state index in [1.54, 1.807) is 0 Å². The highest BCUT2D eigenvalue weighted by molar-refractivity contribution is 5.39. The van der Waals surface area contributed by atoms with E-state index in [0.717, 1.165) is 45.0 Å². The molecule has 1 N–H and O–H groups in total. The van der Waals surface area contributed by atoms with Crippen LogP contribution in [0.4, 0.5) is 0 Å². The first kappa shape index (κ1) is 14.7. The lowest BCUT2D eigenvalue weighted by atomic mass is 10.00. The van der Waals surface area contributed by atoms with Crippen LogP contribution in [0.3, 0.4) is 0 Å². The van der Waals surface area contributed by atoms with Gasteiger partial charge in [-0.1, -0.05) is 36.4 Å². The van der Waals surface area contributed by atoms with Gasteiger partial charge in [-0.05, 0) is 34.7 Å². The molecular formula is C20H24N2O. The molecule has 0 bridgehead atoms. The molecule has 0 saturated heterocycles. The number of ether oxygens (including phenoxy) is 1. The predicted molar refractivity (Wildman–Crippen MR) is 92.8 cm³/mol. The van der Waals surface area contributed by atoms with Crippen molar-refractivity contribution in [3.8, 4) is 5.75 Å². The quantitative estimate of drug-likeness (QED) is 0.860. The molecule has 2 aromatic rings. The fourth-order valence-corrected chi connectivity index (χ4v) is 3.56. The Hall–Kier alpha value is -1.84. The van der Waals surface area contributed by atoms with Crippen LogP contribution in [0.2, 0.25) is 0 Å². The van der Waals surface area contributed by atoms with Gasteiger partial charge in [0.15, 0.2) is 0 Å². The number of nitrogens with zero attached hydrogens (tertiary/aromatic N) is 1. The SMILES string of the molecule is c1ccc2c(c1)CCN(CCNCc1ccc3c(c1)CCO3)C2. The van der Waals surface area contributed by atoms with E-state index in [9.17, 15) is 0 Å². The molecule has 4 rings (SSSR count). The van der Waals surface area contributed by atoms with Gasteiger partial charge in [0.2, 0.25) is 0 Å². The van der Waals surface area contributed by atoms with Crippen LogP contribution in [-0.2, 0) is 25.9 Å². The Labute approximate surface area is 138 Å². The number of hydrogen-bond acceptors (Lipinski definition) is 3. The third-order valence-corrected chi connectivity index (χ3v) is 4.90. The standard InChI is InChI=1S/C20H24N2O/c1-2-4-19-15-22(10-7-17(19)3-1)11-9-21-14-16-5-6-20-18(13-16)8-12-23-20/h1-6,13,21H,7-12,14-15H2. The van der Waals surface area contributed by atoms with E-state index in [4.69, 9.17) is 4.74 Å². The highest BCUT2D eigenvalue weighted by Crippen LogP contribution is 2.25. The maximum absolute atomic E-state index is 5.56. The van der Waals surface area contributed by atoms with Crippen molar-refractivity contribution in [2.45, 2.75) is 25.9 Å². The van der Waals surface area contributed by atoms with Crippen molar-refractivity contribution in [1.29, 1.82) is 0 Å². The van der Waals surface area contributed by atoms with Gasteiger partial charge in [0, 0.05) is 39.1 Å². The number of rotatable bonds is 5. The fourth-order valence-electron chi connectivity index (χ4n) is 3.56. The number of fused-ring (bicyclic) bond motifs is 2.